The molecule has 0 N–H and O–H groups in total. The first-order valence-electron chi connectivity index (χ1n) is 10.0. The van der Waals surface area contributed by atoms with Gasteiger partial charge >= 0.3 is 5.97 Å². The van der Waals surface area contributed by atoms with Crippen LogP contribution >= 0.6 is 11.8 Å². The molecule has 2 amide bonds. The molecule has 30 heavy (non-hydrogen) atoms. The molecule has 1 aliphatic heterocycles. The van der Waals surface area contributed by atoms with Crippen molar-refractivity contribution in [2.75, 3.05) is 6.61 Å². The van der Waals surface area contributed by atoms with Crippen LogP contribution in [0.2, 0.25) is 0 Å². The fourth-order valence-electron chi connectivity index (χ4n) is 3.66. The molecular formula is C23H26N2O4S. The summed E-state index contributed by atoms with van der Waals surface area (Å²) in [4.78, 5) is 38.5. The van der Waals surface area contributed by atoms with E-state index in [0.717, 1.165) is 45.7 Å². The molecule has 3 rings (SSSR count). The van der Waals surface area contributed by atoms with E-state index in [4.69, 9.17) is 4.74 Å². The van der Waals surface area contributed by atoms with Gasteiger partial charge in [0, 0.05) is 17.1 Å². The Morgan fingerprint density at radius 1 is 1.20 bits per heavy atom. The standard InChI is InChI=1S/C23H26N2O4S/c1-6-17-10-8-9-11-19(17)24-14(3)12-18(15(24)4)13-20-21(26)25(23(28)30-20)16(5)22(27)29-7-2/h8-13,16H,6-7H2,1-5H3/b20-13+/t16-/m1/s1. The van der Waals surface area contributed by atoms with E-state index in [0.29, 0.717) is 4.91 Å². The predicted molar refractivity (Wildman–Crippen MR) is 119 cm³/mol. The van der Waals surface area contributed by atoms with Crippen LogP contribution in [-0.2, 0) is 20.7 Å². The second-order valence-electron chi connectivity index (χ2n) is 7.12. The SMILES string of the molecule is CCOC(=O)[C@@H](C)N1C(=O)S/C(=C/c2cc(C)n(-c3ccccc3CC)c2C)C1=O. The van der Waals surface area contributed by atoms with Crippen molar-refractivity contribution in [2.45, 2.75) is 47.1 Å². The highest BCUT2D eigenvalue weighted by atomic mass is 32.2. The van der Waals surface area contributed by atoms with Crippen LogP contribution in [0.15, 0.2) is 35.2 Å². The van der Waals surface area contributed by atoms with Crippen molar-refractivity contribution in [1.29, 1.82) is 0 Å². The zero-order chi connectivity index (χ0) is 22.0. The summed E-state index contributed by atoms with van der Waals surface area (Å²) < 4.78 is 7.12. The first-order valence-corrected chi connectivity index (χ1v) is 10.8. The van der Waals surface area contributed by atoms with Gasteiger partial charge in [-0.25, -0.2) is 4.79 Å². The summed E-state index contributed by atoms with van der Waals surface area (Å²) in [5.74, 6) is -1.06. The molecule has 1 aromatic heterocycles. The van der Waals surface area contributed by atoms with Crippen molar-refractivity contribution in [2.24, 2.45) is 0 Å². The van der Waals surface area contributed by atoms with Gasteiger partial charge in [0.25, 0.3) is 11.1 Å². The summed E-state index contributed by atoms with van der Waals surface area (Å²) >= 11 is 0.849. The lowest BCUT2D eigenvalue weighted by atomic mass is 10.1. The Hall–Kier alpha value is -2.80. The van der Waals surface area contributed by atoms with Crippen LogP contribution in [0.4, 0.5) is 4.79 Å². The lowest BCUT2D eigenvalue weighted by molar-refractivity contribution is -0.150. The maximum absolute atomic E-state index is 12.8. The summed E-state index contributed by atoms with van der Waals surface area (Å²) in [6, 6.07) is 9.28. The number of aryl methyl sites for hydroxylation is 2. The van der Waals surface area contributed by atoms with Crippen molar-refractivity contribution in [3.05, 3.63) is 57.8 Å². The number of para-hydroxylation sites is 1. The molecule has 0 saturated carbocycles. The highest BCUT2D eigenvalue weighted by Gasteiger charge is 2.41. The summed E-state index contributed by atoms with van der Waals surface area (Å²) in [6.07, 6.45) is 2.64. The highest BCUT2D eigenvalue weighted by molar-refractivity contribution is 8.18. The molecule has 1 aromatic carbocycles. The molecule has 1 atom stereocenters. The van der Waals surface area contributed by atoms with Crippen LogP contribution in [0.25, 0.3) is 11.8 Å². The summed E-state index contributed by atoms with van der Waals surface area (Å²) in [5.41, 5.74) is 5.23. The molecule has 1 fully saturated rings. The average molecular weight is 427 g/mol. The quantitative estimate of drug-likeness (QED) is 0.497. The average Bonchev–Trinajstić information content (AvgIpc) is 3.16. The number of hydrogen-bond donors (Lipinski definition) is 0. The number of aromatic nitrogens is 1. The molecule has 1 saturated heterocycles. The van der Waals surface area contributed by atoms with E-state index < -0.39 is 23.2 Å². The third-order valence-corrected chi connectivity index (χ3v) is 6.09. The summed E-state index contributed by atoms with van der Waals surface area (Å²) in [7, 11) is 0. The van der Waals surface area contributed by atoms with Crippen LogP contribution in [-0.4, -0.2) is 39.2 Å². The maximum Gasteiger partial charge on any atom is 0.329 e. The molecule has 0 spiro atoms. The number of ether oxygens (including phenoxy) is 1. The highest BCUT2D eigenvalue weighted by Crippen LogP contribution is 2.35. The van der Waals surface area contributed by atoms with Gasteiger partial charge in [-0.2, -0.15) is 0 Å². The van der Waals surface area contributed by atoms with E-state index in [1.807, 2.05) is 32.0 Å². The number of carbonyl (C=O) groups excluding carboxylic acids is 3. The first-order chi connectivity index (χ1) is 14.3. The number of thioether (sulfide) groups is 1. The minimum atomic E-state index is -0.952. The van der Waals surface area contributed by atoms with Gasteiger partial charge < -0.3 is 9.30 Å². The molecule has 0 radical (unpaired) electrons. The molecular weight excluding hydrogens is 400 g/mol. The van der Waals surface area contributed by atoms with E-state index in [-0.39, 0.29) is 6.61 Å². The van der Waals surface area contributed by atoms with E-state index in [9.17, 15) is 14.4 Å². The largest absolute Gasteiger partial charge is 0.464 e. The Morgan fingerprint density at radius 3 is 2.57 bits per heavy atom. The Morgan fingerprint density at radius 2 is 1.90 bits per heavy atom. The van der Waals surface area contributed by atoms with E-state index in [2.05, 4.69) is 23.6 Å². The fraction of sp³-hybridized carbons (Fsp3) is 0.348. The van der Waals surface area contributed by atoms with Gasteiger partial charge in [0.2, 0.25) is 0 Å². The molecule has 0 aliphatic carbocycles. The normalized spacial score (nSPS) is 16.4. The molecule has 2 aromatic rings. The fourth-order valence-corrected chi connectivity index (χ4v) is 4.55. The van der Waals surface area contributed by atoms with Crippen LogP contribution < -0.4 is 0 Å². The Bertz CT molecular complexity index is 1040. The number of amides is 2. The van der Waals surface area contributed by atoms with Crippen molar-refractivity contribution >= 4 is 35.0 Å². The molecule has 0 unspecified atom stereocenters. The van der Waals surface area contributed by atoms with Gasteiger partial charge in [-0.05, 0) is 75.2 Å². The van der Waals surface area contributed by atoms with Crippen molar-refractivity contribution in [3.8, 4) is 5.69 Å². The van der Waals surface area contributed by atoms with E-state index in [1.165, 1.54) is 12.5 Å². The van der Waals surface area contributed by atoms with E-state index in [1.54, 1.807) is 13.0 Å². The zero-order valence-electron chi connectivity index (χ0n) is 17.9. The second-order valence-corrected chi connectivity index (χ2v) is 8.12. The smallest absolute Gasteiger partial charge is 0.329 e. The van der Waals surface area contributed by atoms with E-state index >= 15 is 0 Å². The molecule has 2 heterocycles. The van der Waals surface area contributed by atoms with Crippen LogP contribution in [0.1, 0.15) is 43.3 Å². The van der Waals surface area contributed by atoms with Crippen molar-refractivity contribution in [1.82, 2.24) is 9.47 Å². The van der Waals surface area contributed by atoms with Gasteiger partial charge in [-0.1, -0.05) is 25.1 Å². The maximum atomic E-state index is 12.8. The number of nitrogens with zero attached hydrogens (tertiary/aromatic N) is 2. The molecule has 0 bridgehead atoms. The zero-order valence-corrected chi connectivity index (χ0v) is 18.7. The molecule has 158 valence electrons. The first kappa shape index (κ1) is 21.9. The Kier molecular flexibility index (Phi) is 6.51. The number of benzene rings is 1. The number of esters is 1. The van der Waals surface area contributed by atoms with Gasteiger partial charge in [-0.15, -0.1) is 0 Å². The van der Waals surface area contributed by atoms with Crippen molar-refractivity contribution < 1.29 is 19.1 Å². The topological polar surface area (TPSA) is 68.6 Å². The molecule has 1 aliphatic rings. The third kappa shape index (κ3) is 3.94. The Labute approximate surface area is 180 Å². The lowest BCUT2D eigenvalue weighted by Gasteiger charge is -2.19. The lowest BCUT2D eigenvalue weighted by Crippen LogP contribution is -2.42. The number of carbonyl (C=O) groups is 3. The number of rotatable bonds is 6. The van der Waals surface area contributed by atoms with Gasteiger partial charge in [0.1, 0.15) is 6.04 Å². The van der Waals surface area contributed by atoms with Crippen LogP contribution in [0, 0.1) is 13.8 Å². The van der Waals surface area contributed by atoms with Crippen LogP contribution in [0.3, 0.4) is 0 Å². The second kappa shape index (κ2) is 8.92. The minimum Gasteiger partial charge on any atom is -0.464 e. The van der Waals surface area contributed by atoms with Gasteiger partial charge in [0.05, 0.1) is 11.5 Å². The summed E-state index contributed by atoms with van der Waals surface area (Å²) in [6.45, 7) is 9.52. The summed E-state index contributed by atoms with van der Waals surface area (Å²) in [5, 5.41) is -0.461. The molecule has 6 nitrogen and oxygen atoms in total. The van der Waals surface area contributed by atoms with Gasteiger partial charge in [0.15, 0.2) is 0 Å². The monoisotopic (exact) mass is 426 g/mol. The number of hydrogen-bond acceptors (Lipinski definition) is 5. The minimum absolute atomic E-state index is 0.195. The molecule has 7 heteroatoms. The van der Waals surface area contributed by atoms with Crippen LogP contribution in [0.5, 0.6) is 0 Å². The third-order valence-electron chi connectivity index (χ3n) is 5.21. The van der Waals surface area contributed by atoms with Gasteiger partial charge in [-0.3, -0.25) is 14.5 Å². The number of imide groups is 1. The van der Waals surface area contributed by atoms with Crippen molar-refractivity contribution in [3.63, 3.8) is 0 Å². The predicted octanol–water partition coefficient (Wildman–Crippen LogP) is 4.64. The Balaban J connectivity index is 1.96.